The summed E-state index contributed by atoms with van der Waals surface area (Å²) < 4.78 is 52.1. The van der Waals surface area contributed by atoms with E-state index in [1.165, 1.54) is 0 Å². The van der Waals surface area contributed by atoms with E-state index in [4.69, 9.17) is 9.66 Å². The summed E-state index contributed by atoms with van der Waals surface area (Å²) in [6, 6.07) is 0. The van der Waals surface area contributed by atoms with Gasteiger partial charge in [0.15, 0.2) is 0 Å². The third-order valence-corrected chi connectivity index (χ3v) is 3.05. The van der Waals surface area contributed by atoms with Gasteiger partial charge in [-0.05, 0) is 6.42 Å². The molecule has 7 nitrogen and oxygen atoms in total. The Kier molecular flexibility index (Phi) is 4.06. The molecule has 0 aliphatic rings. The van der Waals surface area contributed by atoms with Gasteiger partial charge in [0.25, 0.3) is 10.1 Å². The summed E-state index contributed by atoms with van der Waals surface area (Å²) in [5.74, 6) is -0.663. The molecule has 0 fully saturated rings. The number of aliphatic hydroxyl groups excluding tert-OH is 1. The molecule has 0 aromatic heterocycles. The molecule has 0 saturated heterocycles. The summed E-state index contributed by atoms with van der Waals surface area (Å²) in [6.45, 7) is -0.409. The van der Waals surface area contributed by atoms with Gasteiger partial charge < -0.3 is 5.11 Å². The number of aliphatic hydroxyl groups is 1. The van der Waals surface area contributed by atoms with E-state index in [0.29, 0.717) is 0 Å². The van der Waals surface area contributed by atoms with Crippen molar-refractivity contribution in [3.8, 4) is 0 Å². The molecule has 0 aliphatic heterocycles. The summed E-state index contributed by atoms with van der Waals surface area (Å²) >= 11 is 0. The van der Waals surface area contributed by atoms with Crippen LogP contribution in [0, 0.1) is 0 Å². The average Bonchev–Trinajstić information content (AvgIpc) is 1.78. The van der Waals surface area contributed by atoms with Gasteiger partial charge in [-0.3, -0.25) is 4.55 Å². The molecule has 12 heavy (non-hydrogen) atoms. The minimum Gasteiger partial charge on any atom is -0.396 e. The van der Waals surface area contributed by atoms with Gasteiger partial charge in [-0.2, -0.15) is 16.8 Å². The van der Waals surface area contributed by atoms with E-state index in [-0.39, 0.29) is 6.42 Å². The molecule has 0 aromatic carbocycles. The van der Waals surface area contributed by atoms with Crippen LogP contribution in [0.2, 0.25) is 0 Å². The second kappa shape index (κ2) is 4.14. The predicted molar refractivity (Wildman–Crippen MR) is 38.1 cm³/mol. The molecule has 0 saturated carbocycles. The van der Waals surface area contributed by atoms with Gasteiger partial charge >= 0.3 is 10.4 Å². The highest BCUT2D eigenvalue weighted by atomic mass is 32.3. The van der Waals surface area contributed by atoms with Crippen molar-refractivity contribution in [1.82, 2.24) is 0 Å². The maximum Gasteiger partial charge on any atom is 0.412 e. The molecule has 0 aliphatic carbocycles. The molecule has 0 radical (unpaired) electrons. The van der Waals surface area contributed by atoms with Crippen LogP contribution in [0.3, 0.4) is 0 Å². The van der Waals surface area contributed by atoms with Gasteiger partial charge in [0, 0.05) is 6.61 Å². The highest BCUT2D eigenvalue weighted by Crippen LogP contribution is 2.00. The fraction of sp³-hybridized carbons (Fsp3) is 1.00. The largest absolute Gasteiger partial charge is 0.412 e. The average molecular weight is 220 g/mol. The van der Waals surface area contributed by atoms with Crippen molar-refractivity contribution in [2.24, 2.45) is 0 Å². The summed E-state index contributed by atoms with van der Waals surface area (Å²) in [4.78, 5) is 0. The molecule has 0 rings (SSSR count). The van der Waals surface area contributed by atoms with E-state index in [2.05, 4.69) is 3.63 Å². The second-order valence-corrected chi connectivity index (χ2v) is 4.76. The fourth-order valence-corrected chi connectivity index (χ4v) is 2.21. The lowest BCUT2D eigenvalue weighted by atomic mass is 10.5. The number of rotatable bonds is 5. The maximum atomic E-state index is 10.5. The van der Waals surface area contributed by atoms with Crippen LogP contribution >= 0.6 is 0 Å². The molecular formula is C3H8O7S2. The number of hydrogen-bond acceptors (Lipinski definition) is 6. The molecule has 0 heterocycles. The van der Waals surface area contributed by atoms with Crippen LogP contribution in [0.5, 0.6) is 0 Å². The van der Waals surface area contributed by atoms with Gasteiger partial charge in [0.05, 0.1) is 5.75 Å². The molecule has 0 atom stereocenters. The van der Waals surface area contributed by atoms with Crippen molar-refractivity contribution in [1.29, 1.82) is 0 Å². The fourth-order valence-electron chi connectivity index (χ4n) is 0.406. The molecule has 0 bridgehead atoms. The van der Waals surface area contributed by atoms with Crippen molar-refractivity contribution < 1.29 is 30.1 Å². The van der Waals surface area contributed by atoms with Gasteiger partial charge in [-0.25, -0.2) is 0 Å². The second-order valence-electron chi connectivity index (χ2n) is 1.83. The van der Waals surface area contributed by atoms with Crippen LogP contribution < -0.4 is 0 Å². The smallest absolute Gasteiger partial charge is 0.396 e. The lowest BCUT2D eigenvalue weighted by molar-refractivity contribution is 0.293. The first-order valence-electron chi connectivity index (χ1n) is 2.79. The van der Waals surface area contributed by atoms with Gasteiger partial charge in [0.2, 0.25) is 0 Å². The Hall–Kier alpha value is -0.220. The zero-order valence-corrected chi connectivity index (χ0v) is 7.51. The van der Waals surface area contributed by atoms with Gasteiger partial charge in [0.1, 0.15) is 0 Å². The molecule has 2 N–H and O–H groups in total. The zero-order valence-electron chi connectivity index (χ0n) is 5.87. The van der Waals surface area contributed by atoms with E-state index < -0.39 is 32.9 Å². The van der Waals surface area contributed by atoms with Crippen LogP contribution in [0.25, 0.3) is 0 Å². The molecule has 0 aromatic rings. The Morgan fingerprint density at radius 3 is 2.00 bits per heavy atom. The Morgan fingerprint density at radius 2 is 1.67 bits per heavy atom. The van der Waals surface area contributed by atoms with Crippen LogP contribution in [-0.2, 0) is 24.1 Å². The minimum atomic E-state index is -4.98. The Balaban J connectivity index is 4.26. The van der Waals surface area contributed by atoms with Crippen LogP contribution in [0.1, 0.15) is 6.42 Å². The molecule has 74 valence electrons. The van der Waals surface area contributed by atoms with E-state index in [9.17, 15) is 16.8 Å². The summed E-state index contributed by atoms with van der Waals surface area (Å²) in [5, 5.41) is 8.20. The molecule has 0 spiro atoms. The lowest BCUT2D eigenvalue weighted by Crippen LogP contribution is -2.16. The third-order valence-electron chi connectivity index (χ3n) is 0.742. The first-order valence-corrected chi connectivity index (χ1v) is 5.73. The summed E-state index contributed by atoms with van der Waals surface area (Å²) in [5.41, 5.74) is 0. The first kappa shape index (κ1) is 11.8. The van der Waals surface area contributed by atoms with E-state index in [1.807, 2.05) is 0 Å². The highest BCUT2D eigenvalue weighted by molar-refractivity contribution is 7.97. The summed E-state index contributed by atoms with van der Waals surface area (Å²) in [6.07, 6.45) is -0.155. The Bertz CT molecular complexity index is 311. The molecule has 0 unspecified atom stereocenters. The van der Waals surface area contributed by atoms with E-state index >= 15 is 0 Å². The predicted octanol–water partition coefficient (Wildman–Crippen LogP) is -1.48. The quantitative estimate of drug-likeness (QED) is 0.542. The minimum absolute atomic E-state index is 0.155. The SMILES string of the molecule is O=S(=O)(O)OS(=O)(=O)CCCO. The van der Waals surface area contributed by atoms with E-state index in [1.54, 1.807) is 0 Å². The van der Waals surface area contributed by atoms with Gasteiger partial charge in [-0.15, -0.1) is 3.63 Å². The van der Waals surface area contributed by atoms with Crippen molar-refractivity contribution in [3.63, 3.8) is 0 Å². The number of hydrogen-bond donors (Lipinski definition) is 2. The van der Waals surface area contributed by atoms with Crippen LogP contribution in [0.4, 0.5) is 0 Å². The van der Waals surface area contributed by atoms with Crippen molar-refractivity contribution in [3.05, 3.63) is 0 Å². The van der Waals surface area contributed by atoms with Crippen molar-refractivity contribution in [2.45, 2.75) is 6.42 Å². The third kappa shape index (κ3) is 6.49. The molecule has 0 amide bonds. The van der Waals surface area contributed by atoms with Crippen LogP contribution in [0.15, 0.2) is 0 Å². The maximum absolute atomic E-state index is 10.5. The summed E-state index contributed by atoms with van der Waals surface area (Å²) in [7, 11) is -9.28. The monoisotopic (exact) mass is 220 g/mol. The van der Waals surface area contributed by atoms with Crippen LogP contribution in [-0.4, -0.2) is 38.9 Å². The highest BCUT2D eigenvalue weighted by Gasteiger charge is 2.19. The van der Waals surface area contributed by atoms with Gasteiger partial charge in [-0.1, -0.05) is 0 Å². The Morgan fingerprint density at radius 1 is 1.17 bits per heavy atom. The topological polar surface area (TPSA) is 118 Å². The van der Waals surface area contributed by atoms with Crippen molar-refractivity contribution >= 4 is 20.5 Å². The first-order chi connectivity index (χ1) is 5.27. The standard InChI is InChI=1S/C3H8O7S2/c4-2-1-3-11(5,6)10-12(7,8)9/h4H,1-3H2,(H,7,8,9). The Labute approximate surface area is 70.0 Å². The molecular weight excluding hydrogens is 212 g/mol. The normalized spacial score (nSPS) is 13.2. The van der Waals surface area contributed by atoms with Crippen molar-refractivity contribution in [2.75, 3.05) is 12.4 Å². The zero-order chi connectivity index (χ0) is 9.83. The molecule has 9 heteroatoms. The lowest BCUT2D eigenvalue weighted by Gasteiger charge is -1.99. The van der Waals surface area contributed by atoms with E-state index in [0.717, 1.165) is 0 Å².